The van der Waals surface area contributed by atoms with Gasteiger partial charge >= 0.3 is 15.2 Å². The summed E-state index contributed by atoms with van der Waals surface area (Å²) in [5.41, 5.74) is 0. The van der Waals surface area contributed by atoms with Crippen molar-refractivity contribution in [2.75, 3.05) is 13.2 Å². The van der Waals surface area contributed by atoms with Gasteiger partial charge in [0.25, 0.3) is 5.08 Å². The Bertz CT molecular complexity index is 454. The molecule has 0 rings (SSSR count). The molecule has 7 nitrogen and oxygen atoms in total. The molecule has 0 aliphatic heterocycles. The predicted octanol–water partition coefficient (Wildman–Crippen LogP) is 5.49. The molecule has 27 heavy (non-hydrogen) atoms. The third kappa shape index (κ3) is 8.65. The second kappa shape index (κ2) is 12.7. The standard InChI is InChI=1S/C18H40O7P2/c1-6-10-12-16(8-3)14-24-26(20,21)18(5,19)27(22,23)25-15-17(9-4)13-11-7-2/h16-17,19H,6-15H2,1-5H3,(H,20,21)(H,22,23). The third-order valence-electron chi connectivity index (χ3n) is 5.13. The van der Waals surface area contributed by atoms with E-state index in [9.17, 15) is 24.0 Å². The summed E-state index contributed by atoms with van der Waals surface area (Å²) in [6.07, 6.45) is 7.10. The van der Waals surface area contributed by atoms with Gasteiger partial charge in [-0.2, -0.15) is 0 Å². The molecular weight excluding hydrogens is 390 g/mol. The summed E-state index contributed by atoms with van der Waals surface area (Å²) >= 11 is 0. The minimum Gasteiger partial charge on any atom is -0.368 e. The van der Waals surface area contributed by atoms with E-state index < -0.39 is 20.3 Å². The highest BCUT2D eigenvalue weighted by atomic mass is 31.2. The van der Waals surface area contributed by atoms with E-state index >= 15 is 0 Å². The Morgan fingerprint density at radius 3 is 1.41 bits per heavy atom. The molecule has 164 valence electrons. The summed E-state index contributed by atoms with van der Waals surface area (Å²) in [4.78, 5) is 20.4. The van der Waals surface area contributed by atoms with Crippen LogP contribution in [0, 0.1) is 11.8 Å². The number of hydrogen-bond donors (Lipinski definition) is 3. The molecule has 0 aromatic rings. The Kier molecular flexibility index (Phi) is 12.9. The largest absolute Gasteiger partial charge is 0.371 e. The van der Waals surface area contributed by atoms with Crippen molar-refractivity contribution in [3.8, 4) is 0 Å². The van der Waals surface area contributed by atoms with Crippen molar-refractivity contribution < 1.29 is 33.1 Å². The number of unbranched alkanes of at least 4 members (excludes halogenated alkanes) is 2. The van der Waals surface area contributed by atoms with Gasteiger partial charge in [0.2, 0.25) is 0 Å². The van der Waals surface area contributed by atoms with Gasteiger partial charge in [0.15, 0.2) is 0 Å². The molecule has 0 aliphatic rings. The molecular formula is C18H40O7P2. The Labute approximate surface area is 164 Å². The lowest BCUT2D eigenvalue weighted by Crippen LogP contribution is -2.28. The van der Waals surface area contributed by atoms with Crippen LogP contribution >= 0.6 is 15.2 Å². The first-order valence-corrected chi connectivity index (χ1v) is 13.3. The maximum absolute atomic E-state index is 12.5. The maximum Gasteiger partial charge on any atom is 0.371 e. The fourth-order valence-corrected chi connectivity index (χ4v) is 5.55. The van der Waals surface area contributed by atoms with Gasteiger partial charge in [-0.25, -0.2) is 0 Å². The van der Waals surface area contributed by atoms with E-state index in [4.69, 9.17) is 9.05 Å². The maximum atomic E-state index is 12.5. The van der Waals surface area contributed by atoms with E-state index in [1.54, 1.807) is 0 Å². The number of hydrogen-bond acceptors (Lipinski definition) is 5. The minimum absolute atomic E-state index is 0.0471. The highest BCUT2D eigenvalue weighted by Gasteiger charge is 2.58. The zero-order chi connectivity index (χ0) is 21.1. The molecule has 4 atom stereocenters. The summed E-state index contributed by atoms with van der Waals surface area (Å²) in [7, 11) is -9.58. The molecule has 0 aliphatic carbocycles. The molecule has 0 spiro atoms. The van der Waals surface area contributed by atoms with Gasteiger partial charge in [0.05, 0.1) is 13.2 Å². The van der Waals surface area contributed by atoms with Gasteiger partial charge in [0, 0.05) is 0 Å². The molecule has 0 aromatic carbocycles. The van der Waals surface area contributed by atoms with Gasteiger partial charge in [-0.3, -0.25) is 9.13 Å². The molecule has 0 fully saturated rings. The van der Waals surface area contributed by atoms with Crippen molar-refractivity contribution in [1.29, 1.82) is 0 Å². The molecule has 0 radical (unpaired) electrons. The van der Waals surface area contributed by atoms with Crippen LogP contribution in [0.4, 0.5) is 0 Å². The summed E-state index contributed by atoms with van der Waals surface area (Å²) in [6, 6.07) is 0. The molecule has 0 heterocycles. The minimum atomic E-state index is -4.79. The predicted molar refractivity (Wildman–Crippen MR) is 109 cm³/mol. The summed E-state index contributed by atoms with van der Waals surface area (Å²) in [6.45, 7) is 8.76. The number of rotatable bonds is 16. The lowest BCUT2D eigenvalue weighted by Gasteiger charge is -2.32. The van der Waals surface area contributed by atoms with E-state index in [1.165, 1.54) is 0 Å². The molecule has 3 N–H and O–H groups in total. The first kappa shape index (κ1) is 27.3. The fourth-order valence-electron chi connectivity index (χ4n) is 2.61. The normalized spacial score (nSPS) is 21.0. The molecule has 0 aromatic heterocycles. The summed E-state index contributed by atoms with van der Waals surface area (Å²) in [5, 5.41) is 7.55. The first-order chi connectivity index (χ1) is 12.5. The Hall–Kier alpha value is 0.260. The quantitative estimate of drug-likeness (QED) is 0.278. The monoisotopic (exact) mass is 430 g/mol. The zero-order valence-electron chi connectivity index (χ0n) is 17.6. The SMILES string of the molecule is CCCCC(CC)COP(=O)(O)C(C)(O)P(=O)(O)OCC(CC)CCCC. The van der Waals surface area contributed by atoms with E-state index in [0.717, 1.165) is 58.3 Å². The van der Waals surface area contributed by atoms with Gasteiger partial charge in [-0.1, -0.05) is 66.2 Å². The molecule has 0 amide bonds. The van der Waals surface area contributed by atoms with Gasteiger partial charge in [0.1, 0.15) is 0 Å². The topological polar surface area (TPSA) is 113 Å². The second-order valence-corrected chi connectivity index (χ2v) is 12.1. The second-order valence-electron chi connectivity index (χ2n) is 7.44. The van der Waals surface area contributed by atoms with Crippen LogP contribution < -0.4 is 0 Å². The van der Waals surface area contributed by atoms with Crippen LogP contribution in [0.2, 0.25) is 0 Å². The Morgan fingerprint density at radius 1 is 0.815 bits per heavy atom. The Balaban J connectivity index is 4.97. The van der Waals surface area contributed by atoms with Gasteiger partial charge in [-0.05, 0) is 31.6 Å². The molecule has 4 unspecified atom stereocenters. The molecule has 9 heteroatoms. The fraction of sp³-hybridized carbons (Fsp3) is 1.00. The van der Waals surface area contributed by atoms with Crippen molar-refractivity contribution in [3.05, 3.63) is 0 Å². The van der Waals surface area contributed by atoms with E-state index in [2.05, 4.69) is 13.8 Å². The van der Waals surface area contributed by atoms with Crippen molar-refractivity contribution >= 4 is 15.2 Å². The summed E-state index contributed by atoms with van der Waals surface area (Å²) in [5.74, 6) is 0.109. The van der Waals surface area contributed by atoms with Gasteiger partial charge in [-0.15, -0.1) is 0 Å². The average molecular weight is 430 g/mol. The molecule has 0 saturated carbocycles. The lowest BCUT2D eigenvalue weighted by molar-refractivity contribution is 0.100. The van der Waals surface area contributed by atoms with Crippen LogP contribution in [0.5, 0.6) is 0 Å². The smallest absolute Gasteiger partial charge is 0.368 e. The zero-order valence-corrected chi connectivity index (χ0v) is 19.4. The van der Waals surface area contributed by atoms with E-state index in [0.29, 0.717) is 0 Å². The van der Waals surface area contributed by atoms with Crippen molar-refractivity contribution in [2.45, 2.75) is 91.1 Å². The van der Waals surface area contributed by atoms with Crippen LogP contribution in [0.1, 0.15) is 86.0 Å². The van der Waals surface area contributed by atoms with Crippen LogP contribution in [-0.2, 0) is 18.2 Å². The van der Waals surface area contributed by atoms with Crippen LogP contribution in [-0.4, -0.2) is 33.2 Å². The summed E-state index contributed by atoms with van der Waals surface area (Å²) < 4.78 is 35.2. The van der Waals surface area contributed by atoms with Crippen molar-refractivity contribution in [2.24, 2.45) is 11.8 Å². The number of aliphatic hydroxyl groups is 1. The van der Waals surface area contributed by atoms with E-state index in [1.807, 2.05) is 13.8 Å². The third-order valence-corrected chi connectivity index (χ3v) is 9.78. The van der Waals surface area contributed by atoms with E-state index in [-0.39, 0.29) is 25.0 Å². The highest BCUT2D eigenvalue weighted by Crippen LogP contribution is 2.72. The lowest BCUT2D eigenvalue weighted by atomic mass is 10.0. The average Bonchev–Trinajstić information content (AvgIpc) is 2.61. The molecule has 0 saturated heterocycles. The van der Waals surface area contributed by atoms with Crippen molar-refractivity contribution in [3.63, 3.8) is 0 Å². The van der Waals surface area contributed by atoms with Crippen LogP contribution in [0.3, 0.4) is 0 Å². The highest BCUT2D eigenvalue weighted by molar-refractivity contribution is 7.72. The van der Waals surface area contributed by atoms with Crippen LogP contribution in [0.25, 0.3) is 0 Å². The van der Waals surface area contributed by atoms with Crippen LogP contribution in [0.15, 0.2) is 0 Å². The van der Waals surface area contributed by atoms with Crippen molar-refractivity contribution in [1.82, 2.24) is 0 Å². The Morgan fingerprint density at radius 2 is 1.15 bits per heavy atom. The first-order valence-electron chi connectivity index (χ1n) is 10.2. The van der Waals surface area contributed by atoms with Gasteiger partial charge < -0.3 is 23.9 Å². The molecule has 0 bridgehead atoms.